The van der Waals surface area contributed by atoms with Crippen LogP contribution < -0.4 is 10.1 Å². The zero-order chi connectivity index (χ0) is 16.1. The third-order valence-corrected chi connectivity index (χ3v) is 4.89. The predicted molar refractivity (Wildman–Crippen MR) is 90.6 cm³/mol. The standard InChI is InChI=1S/C18H26ClNO2/c1-12-10-16(11-13(2)17(12)19)22-14(3)18(21)20-15-8-6-4-5-7-9-15/h10-11,14-15H,4-9H2,1-3H3,(H,20,21)/t14-/m0/s1. The molecule has 1 atom stereocenters. The predicted octanol–water partition coefficient (Wildman–Crippen LogP) is 4.56. The molecule has 0 spiro atoms. The Morgan fingerprint density at radius 3 is 2.27 bits per heavy atom. The molecule has 2 rings (SSSR count). The van der Waals surface area contributed by atoms with E-state index in [2.05, 4.69) is 5.32 Å². The first-order valence-electron chi connectivity index (χ1n) is 8.21. The van der Waals surface area contributed by atoms with Crippen LogP contribution in [0.25, 0.3) is 0 Å². The fourth-order valence-corrected chi connectivity index (χ4v) is 3.08. The Kier molecular flexibility index (Phi) is 6.13. The molecule has 0 aromatic heterocycles. The number of amides is 1. The van der Waals surface area contributed by atoms with E-state index >= 15 is 0 Å². The topological polar surface area (TPSA) is 38.3 Å². The van der Waals surface area contributed by atoms with Crippen molar-refractivity contribution < 1.29 is 9.53 Å². The highest BCUT2D eigenvalue weighted by molar-refractivity contribution is 6.32. The van der Waals surface area contributed by atoms with Gasteiger partial charge >= 0.3 is 0 Å². The van der Waals surface area contributed by atoms with E-state index < -0.39 is 6.10 Å². The van der Waals surface area contributed by atoms with E-state index in [1.54, 1.807) is 6.92 Å². The monoisotopic (exact) mass is 323 g/mol. The van der Waals surface area contributed by atoms with E-state index in [4.69, 9.17) is 16.3 Å². The van der Waals surface area contributed by atoms with Gasteiger partial charge in [0, 0.05) is 11.1 Å². The minimum Gasteiger partial charge on any atom is -0.481 e. The molecule has 4 heteroatoms. The van der Waals surface area contributed by atoms with Crippen molar-refractivity contribution in [1.82, 2.24) is 5.32 Å². The van der Waals surface area contributed by atoms with Gasteiger partial charge in [-0.15, -0.1) is 0 Å². The maximum absolute atomic E-state index is 12.3. The molecule has 1 amide bonds. The fraction of sp³-hybridized carbons (Fsp3) is 0.611. The SMILES string of the molecule is Cc1cc(O[C@@H](C)C(=O)NC2CCCCCC2)cc(C)c1Cl. The molecule has 0 saturated heterocycles. The molecule has 1 saturated carbocycles. The molecule has 0 unspecified atom stereocenters. The molecule has 0 heterocycles. The van der Waals surface area contributed by atoms with Gasteiger partial charge in [-0.2, -0.15) is 0 Å². The summed E-state index contributed by atoms with van der Waals surface area (Å²) < 4.78 is 5.79. The number of halogens is 1. The van der Waals surface area contributed by atoms with Crippen LogP contribution >= 0.6 is 11.6 Å². The van der Waals surface area contributed by atoms with E-state index in [1.807, 2.05) is 26.0 Å². The molecular weight excluding hydrogens is 298 g/mol. The number of hydrogen-bond acceptors (Lipinski definition) is 2. The van der Waals surface area contributed by atoms with Crippen LogP contribution in [0.15, 0.2) is 12.1 Å². The van der Waals surface area contributed by atoms with Crippen LogP contribution in [0.5, 0.6) is 5.75 Å². The van der Waals surface area contributed by atoms with E-state index in [1.165, 1.54) is 25.7 Å². The van der Waals surface area contributed by atoms with E-state index in [0.717, 1.165) is 29.0 Å². The van der Waals surface area contributed by atoms with Crippen molar-refractivity contribution in [2.24, 2.45) is 0 Å². The minimum absolute atomic E-state index is 0.0304. The van der Waals surface area contributed by atoms with Gasteiger partial charge < -0.3 is 10.1 Å². The van der Waals surface area contributed by atoms with Gasteiger partial charge in [0.05, 0.1) is 0 Å². The molecule has 1 aliphatic rings. The Bertz CT molecular complexity index is 499. The van der Waals surface area contributed by atoms with Crippen LogP contribution in [-0.2, 0) is 4.79 Å². The maximum Gasteiger partial charge on any atom is 0.260 e. The van der Waals surface area contributed by atoms with Crippen molar-refractivity contribution in [1.29, 1.82) is 0 Å². The number of nitrogens with one attached hydrogen (secondary N) is 1. The van der Waals surface area contributed by atoms with E-state index in [0.29, 0.717) is 11.8 Å². The van der Waals surface area contributed by atoms with Gasteiger partial charge in [-0.05, 0) is 56.9 Å². The first-order chi connectivity index (χ1) is 10.5. The molecule has 1 fully saturated rings. The van der Waals surface area contributed by atoms with Crippen LogP contribution in [0.3, 0.4) is 0 Å². The third-order valence-electron chi connectivity index (χ3n) is 4.29. The highest BCUT2D eigenvalue weighted by Gasteiger charge is 2.20. The van der Waals surface area contributed by atoms with Crippen molar-refractivity contribution in [3.8, 4) is 5.75 Å². The fourth-order valence-electron chi connectivity index (χ4n) is 2.97. The number of benzene rings is 1. The maximum atomic E-state index is 12.3. The number of rotatable bonds is 4. The van der Waals surface area contributed by atoms with Crippen LogP contribution in [-0.4, -0.2) is 18.1 Å². The molecular formula is C18H26ClNO2. The molecule has 1 N–H and O–H groups in total. The second-order valence-electron chi connectivity index (χ2n) is 6.33. The normalized spacial score (nSPS) is 17.6. The summed E-state index contributed by atoms with van der Waals surface area (Å²) in [6, 6.07) is 4.06. The lowest BCUT2D eigenvalue weighted by Crippen LogP contribution is -2.42. The van der Waals surface area contributed by atoms with Gasteiger partial charge in [0.1, 0.15) is 5.75 Å². The Labute approximate surface area is 138 Å². The summed E-state index contributed by atoms with van der Waals surface area (Å²) in [5.41, 5.74) is 1.93. The molecule has 1 aromatic rings. The smallest absolute Gasteiger partial charge is 0.260 e. The van der Waals surface area contributed by atoms with Crippen LogP contribution in [0, 0.1) is 13.8 Å². The summed E-state index contributed by atoms with van der Waals surface area (Å²) in [5.74, 6) is 0.667. The second-order valence-corrected chi connectivity index (χ2v) is 6.71. The summed E-state index contributed by atoms with van der Waals surface area (Å²) in [4.78, 5) is 12.3. The van der Waals surface area contributed by atoms with Crippen LogP contribution in [0.1, 0.15) is 56.6 Å². The lowest BCUT2D eigenvalue weighted by molar-refractivity contribution is -0.128. The second kappa shape index (κ2) is 7.87. The van der Waals surface area contributed by atoms with Gasteiger partial charge in [-0.1, -0.05) is 37.3 Å². The summed E-state index contributed by atoms with van der Waals surface area (Å²) >= 11 is 6.16. The summed E-state index contributed by atoms with van der Waals surface area (Å²) in [6.07, 6.45) is 6.63. The van der Waals surface area contributed by atoms with Crippen LogP contribution in [0.4, 0.5) is 0 Å². The number of carbonyl (C=O) groups excluding carboxylic acids is 1. The Balaban J connectivity index is 1.93. The molecule has 122 valence electrons. The Morgan fingerprint density at radius 2 is 1.73 bits per heavy atom. The van der Waals surface area contributed by atoms with Crippen LogP contribution in [0.2, 0.25) is 5.02 Å². The zero-order valence-corrected chi connectivity index (χ0v) is 14.5. The molecule has 1 aliphatic carbocycles. The van der Waals surface area contributed by atoms with Crippen molar-refractivity contribution in [3.05, 3.63) is 28.3 Å². The number of carbonyl (C=O) groups is 1. The molecule has 0 aliphatic heterocycles. The van der Waals surface area contributed by atoms with Gasteiger partial charge in [0.15, 0.2) is 6.10 Å². The zero-order valence-electron chi connectivity index (χ0n) is 13.7. The van der Waals surface area contributed by atoms with Crippen molar-refractivity contribution in [3.63, 3.8) is 0 Å². The largest absolute Gasteiger partial charge is 0.481 e. The minimum atomic E-state index is -0.497. The van der Waals surface area contributed by atoms with Crippen molar-refractivity contribution in [2.75, 3.05) is 0 Å². The highest BCUT2D eigenvalue weighted by Crippen LogP contribution is 2.26. The van der Waals surface area contributed by atoms with Crippen molar-refractivity contribution in [2.45, 2.75) is 71.4 Å². The first-order valence-corrected chi connectivity index (χ1v) is 8.59. The molecule has 22 heavy (non-hydrogen) atoms. The average molecular weight is 324 g/mol. The molecule has 0 radical (unpaired) electrons. The van der Waals surface area contributed by atoms with Crippen molar-refractivity contribution >= 4 is 17.5 Å². The Hall–Kier alpha value is -1.22. The van der Waals surface area contributed by atoms with E-state index in [-0.39, 0.29) is 5.91 Å². The van der Waals surface area contributed by atoms with Gasteiger partial charge in [-0.25, -0.2) is 0 Å². The first kappa shape index (κ1) is 17.1. The number of aryl methyl sites for hydroxylation is 2. The third kappa shape index (κ3) is 4.64. The lowest BCUT2D eigenvalue weighted by Gasteiger charge is -2.20. The summed E-state index contributed by atoms with van der Waals surface area (Å²) in [6.45, 7) is 5.68. The Morgan fingerprint density at radius 1 is 1.18 bits per heavy atom. The summed E-state index contributed by atoms with van der Waals surface area (Å²) in [5, 5.41) is 3.88. The molecule has 3 nitrogen and oxygen atoms in total. The quantitative estimate of drug-likeness (QED) is 0.825. The van der Waals surface area contributed by atoms with Gasteiger partial charge in [0.25, 0.3) is 5.91 Å². The summed E-state index contributed by atoms with van der Waals surface area (Å²) in [7, 11) is 0. The highest BCUT2D eigenvalue weighted by atomic mass is 35.5. The lowest BCUT2D eigenvalue weighted by atomic mass is 10.1. The molecule has 1 aromatic carbocycles. The number of hydrogen-bond donors (Lipinski definition) is 1. The average Bonchev–Trinajstić information content (AvgIpc) is 2.73. The number of ether oxygens (including phenoxy) is 1. The van der Waals surface area contributed by atoms with Gasteiger partial charge in [-0.3, -0.25) is 4.79 Å². The van der Waals surface area contributed by atoms with E-state index in [9.17, 15) is 4.79 Å². The molecule has 0 bridgehead atoms. The van der Waals surface area contributed by atoms with Gasteiger partial charge in [0.2, 0.25) is 0 Å².